The molecule has 1 fully saturated rings. The number of hydrogen-bond acceptors (Lipinski definition) is 2. The van der Waals surface area contributed by atoms with E-state index in [4.69, 9.17) is 5.73 Å². The maximum absolute atomic E-state index is 12.4. The minimum absolute atomic E-state index is 0.232. The van der Waals surface area contributed by atoms with E-state index >= 15 is 0 Å². The lowest BCUT2D eigenvalue weighted by atomic mass is 9.98. The van der Waals surface area contributed by atoms with Crippen molar-refractivity contribution in [3.63, 3.8) is 0 Å². The molecular weight excluding hydrogens is 260 g/mol. The summed E-state index contributed by atoms with van der Waals surface area (Å²) in [5.74, 6) is 0.232. The molecule has 0 unspecified atom stereocenters. The molecule has 1 amide bonds. The lowest BCUT2D eigenvalue weighted by molar-refractivity contribution is -0.133. The number of likely N-dealkylation sites (tertiary alicyclic amines) is 1. The van der Waals surface area contributed by atoms with Crippen LogP contribution in [0, 0.1) is 0 Å². The summed E-state index contributed by atoms with van der Waals surface area (Å²) in [5.41, 5.74) is 8.44. The Morgan fingerprint density at radius 2 is 1.95 bits per heavy atom. The molecule has 116 valence electrons. The third-order valence-electron chi connectivity index (χ3n) is 4.43. The van der Waals surface area contributed by atoms with Crippen molar-refractivity contribution in [1.82, 2.24) is 4.90 Å². The molecule has 2 rings (SSSR count). The predicted octanol–water partition coefficient (Wildman–Crippen LogP) is 2.91. The fourth-order valence-electron chi connectivity index (χ4n) is 3.06. The highest BCUT2D eigenvalue weighted by molar-refractivity contribution is 5.79. The molecule has 0 aliphatic carbocycles. The molecule has 0 aromatic heterocycles. The van der Waals surface area contributed by atoms with E-state index in [-0.39, 0.29) is 18.0 Å². The SMILES string of the molecule is CCCCc1ccc(CC(=O)N2CC[C@H](N)C[C@H]2C)cc1. The van der Waals surface area contributed by atoms with Gasteiger partial charge in [0.05, 0.1) is 6.42 Å². The van der Waals surface area contributed by atoms with E-state index in [1.165, 1.54) is 18.4 Å². The van der Waals surface area contributed by atoms with E-state index in [2.05, 4.69) is 38.1 Å². The molecule has 2 N–H and O–H groups in total. The van der Waals surface area contributed by atoms with E-state index in [0.29, 0.717) is 6.42 Å². The molecule has 3 nitrogen and oxygen atoms in total. The van der Waals surface area contributed by atoms with Gasteiger partial charge in [-0.15, -0.1) is 0 Å². The third-order valence-corrected chi connectivity index (χ3v) is 4.43. The van der Waals surface area contributed by atoms with Crippen LogP contribution in [-0.2, 0) is 17.6 Å². The van der Waals surface area contributed by atoms with Gasteiger partial charge in [0.25, 0.3) is 0 Å². The smallest absolute Gasteiger partial charge is 0.227 e. The monoisotopic (exact) mass is 288 g/mol. The number of nitrogens with zero attached hydrogens (tertiary/aromatic N) is 1. The molecule has 1 saturated heterocycles. The van der Waals surface area contributed by atoms with Crippen molar-refractivity contribution in [3.8, 4) is 0 Å². The van der Waals surface area contributed by atoms with E-state index < -0.39 is 0 Å². The van der Waals surface area contributed by atoms with Crippen molar-refractivity contribution in [2.24, 2.45) is 5.73 Å². The maximum atomic E-state index is 12.4. The summed E-state index contributed by atoms with van der Waals surface area (Å²) in [5, 5.41) is 0. The van der Waals surface area contributed by atoms with Crippen LogP contribution in [0.1, 0.15) is 50.7 Å². The highest BCUT2D eigenvalue weighted by atomic mass is 16.2. The van der Waals surface area contributed by atoms with Gasteiger partial charge in [0.1, 0.15) is 0 Å². The molecule has 1 aliphatic heterocycles. The van der Waals surface area contributed by atoms with Crippen molar-refractivity contribution in [2.45, 2.75) is 64.5 Å². The fraction of sp³-hybridized carbons (Fsp3) is 0.611. The Morgan fingerprint density at radius 3 is 2.57 bits per heavy atom. The first kappa shape index (κ1) is 16.0. The molecule has 0 spiro atoms. The molecule has 1 aromatic carbocycles. The zero-order valence-electron chi connectivity index (χ0n) is 13.3. The number of piperidine rings is 1. The molecular formula is C18H28N2O. The Labute approximate surface area is 128 Å². The topological polar surface area (TPSA) is 46.3 Å². The number of benzene rings is 1. The summed E-state index contributed by atoms with van der Waals surface area (Å²) in [4.78, 5) is 14.4. The van der Waals surface area contributed by atoms with Crippen LogP contribution in [0.5, 0.6) is 0 Å². The summed E-state index contributed by atoms with van der Waals surface area (Å²) >= 11 is 0. The van der Waals surface area contributed by atoms with E-state index in [1.807, 2.05) is 4.90 Å². The summed E-state index contributed by atoms with van der Waals surface area (Å²) in [6, 6.07) is 9.04. The molecule has 0 radical (unpaired) electrons. The van der Waals surface area contributed by atoms with Crippen LogP contribution in [0.15, 0.2) is 24.3 Å². The molecule has 1 aromatic rings. The molecule has 3 heteroatoms. The molecule has 0 bridgehead atoms. The van der Waals surface area contributed by atoms with Crippen molar-refractivity contribution < 1.29 is 4.79 Å². The molecule has 0 saturated carbocycles. The minimum Gasteiger partial charge on any atom is -0.340 e. The van der Waals surface area contributed by atoms with Gasteiger partial charge in [-0.1, -0.05) is 37.6 Å². The summed E-state index contributed by atoms with van der Waals surface area (Å²) in [6.45, 7) is 5.11. The highest BCUT2D eigenvalue weighted by Gasteiger charge is 2.26. The first-order valence-corrected chi connectivity index (χ1v) is 8.23. The quantitative estimate of drug-likeness (QED) is 0.905. The molecule has 21 heavy (non-hydrogen) atoms. The van der Waals surface area contributed by atoms with Crippen molar-refractivity contribution in [3.05, 3.63) is 35.4 Å². The molecule has 1 heterocycles. The van der Waals surface area contributed by atoms with Gasteiger partial charge in [0.2, 0.25) is 5.91 Å². The van der Waals surface area contributed by atoms with Gasteiger partial charge >= 0.3 is 0 Å². The van der Waals surface area contributed by atoms with Crippen LogP contribution >= 0.6 is 0 Å². The van der Waals surface area contributed by atoms with Crippen molar-refractivity contribution >= 4 is 5.91 Å². The van der Waals surface area contributed by atoms with Gasteiger partial charge < -0.3 is 10.6 Å². The second-order valence-corrected chi connectivity index (χ2v) is 6.32. The number of unbranched alkanes of at least 4 members (excludes halogenated alkanes) is 1. The van der Waals surface area contributed by atoms with Crippen LogP contribution in [0.25, 0.3) is 0 Å². The van der Waals surface area contributed by atoms with Gasteiger partial charge in [-0.2, -0.15) is 0 Å². The fourth-order valence-corrected chi connectivity index (χ4v) is 3.06. The largest absolute Gasteiger partial charge is 0.340 e. The Hall–Kier alpha value is -1.35. The number of carbonyl (C=O) groups excluding carboxylic acids is 1. The summed E-state index contributed by atoms with van der Waals surface area (Å²) in [6.07, 6.45) is 5.92. The standard InChI is InChI=1S/C18H28N2O/c1-3-4-5-15-6-8-16(9-7-15)13-18(21)20-11-10-17(19)12-14(20)2/h6-9,14,17H,3-5,10-13,19H2,1-2H3/t14-,17+/m1/s1. The molecule has 2 atom stereocenters. The van der Waals surface area contributed by atoms with E-state index in [9.17, 15) is 4.79 Å². The first-order chi connectivity index (χ1) is 10.1. The first-order valence-electron chi connectivity index (χ1n) is 8.23. The number of nitrogens with two attached hydrogens (primary N) is 1. The predicted molar refractivity (Wildman–Crippen MR) is 87.1 cm³/mol. The number of carbonyl (C=O) groups is 1. The van der Waals surface area contributed by atoms with Gasteiger partial charge in [0.15, 0.2) is 0 Å². The van der Waals surface area contributed by atoms with Crippen LogP contribution in [-0.4, -0.2) is 29.4 Å². The lowest BCUT2D eigenvalue weighted by Crippen LogP contribution is -2.48. The number of hydrogen-bond donors (Lipinski definition) is 1. The van der Waals surface area contributed by atoms with Crippen LogP contribution in [0.3, 0.4) is 0 Å². The van der Waals surface area contributed by atoms with Gasteiger partial charge in [-0.05, 0) is 43.7 Å². The van der Waals surface area contributed by atoms with Crippen LogP contribution in [0.4, 0.5) is 0 Å². The van der Waals surface area contributed by atoms with Crippen LogP contribution in [0.2, 0.25) is 0 Å². The minimum atomic E-state index is 0.232. The molecule has 1 aliphatic rings. The zero-order chi connectivity index (χ0) is 15.2. The highest BCUT2D eigenvalue weighted by Crippen LogP contribution is 2.17. The van der Waals surface area contributed by atoms with Crippen molar-refractivity contribution in [1.29, 1.82) is 0 Å². The average molecular weight is 288 g/mol. The Morgan fingerprint density at radius 1 is 1.29 bits per heavy atom. The maximum Gasteiger partial charge on any atom is 0.227 e. The number of amides is 1. The lowest BCUT2D eigenvalue weighted by Gasteiger charge is -2.36. The Balaban J connectivity index is 1.90. The normalized spacial score (nSPS) is 22.3. The summed E-state index contributed by atoms with van der Waals surface area (Å²) in [7, 11) is 0. The average Bonchev–Trinajstić information content (AvgIpc) is 2.46. The number of aryl methyl sites for hydroxylation is 1. The van der Waals surface area contributed by atoms with E-state index in [1.54, 1.807) is 0 Å². The zero-order valence-corrected chi connectivity index (χ0v) is 13.3. The van der Waals surface area contributed by atoms with Crippen LogP contribution < -0.4 is 5.73 Å². The van der Waals surface area contributed by atoms with Gasteiger partial charge in [-0.3, -0.25) is 4.79 Å². The second kappa shape index (κ2) is 7.60. The number of rotatable bonds is 5. The third kappa shape index (κ3) is 4.57. The Kier molecular flexibility index (Phi) is 5.80. The second-order valence-electron chi connectivity index (χ2n) is 6.32. The van der Waals surface area contributed by atoms with Gasteiger partial charge in [0, 0.05) is 18.6 Å². The van der Waals surface area contributed by atoms with E-state index in [0.717, 1.165) is 31.4 Å². The Bertz CT molecular complexity index is 455. The van der Waals surface area contributed by atoms with Gasteiger partial charge in [-0.25, -0.2) is 0 Å². The summed E-state index contributed by atoms with van der Waals surface area (Å²) < 4.78 is 0. The van der Waals surface area contributed by atoms with Crippen molar-refractivity contribution in [2.75, 3.05) is 6.54 Å².